The summed E-state index contributed by atoms with van der Waals surface area (Å²) in [6.45, 7) is 4.20. The zero-order valence-electron chi connectivity index (χ0n) is 14.4. The number of rotatable bonds is 3. The summed E-state index contributed by atoms with van der Waals surface area (Å²) in [5.41, 5.74) is 6.54. The van der Waals surface area contributed by atoms with E-state index in [0.29, 0.717) is 5.82 Å². The topological polar surface area (TPSA) is 38.7 Å². The highest BCUT2D eigenvalue weighted by Gasteiger charge is 2.09. The van der Waals surface area contributed by atoms with E-state index in [2.05, 4.69) is 54.1 Å². The molecule has 25 heavy (non-hydrogen) atoms. The van der Waals surface area contributed by atoms with Gasteiger partial charge in [-0.15, -0.1) is 0 Å². The number of hydrogen-bond donors (Lipinski definition) is 0. The Bertz CT molecular complexity index is 1040. The standard InChI is InChI=1S/C22H19N3/c1-15-7-10-17(11-8-15)13-21-16(2)9-12-20(24-21)22-23-14-18-5-3-4-6-19(18)25-22/h3-12,14H,13H2,1-2H3. The predicted molar refractivity (Wildman–Crippen MR) is 101 cm³/mol. The molecule has 0 radical (unpaired) electrons. The largest absolute Gasteiger partial charge is 0.249 e. The molecule has 2 heterocycles. The van der Waals surface area contributed by atoms with Crippen LogP contribution in [0.5, 0.6) is 0 Å². The average Bonchev–Trinajstić information content (AvgIpc) is 2.65. The molecule has 0 amide bonds. The summed E-state index contributed by atoms with van der Waals surface area (Å²) >= 11 is 0. The first-order valence-corrected chi connectivity index (χ1v) is 8.43. The lowest BCUT2D eigenvalue weighted by Gasteiger charge is -2.08. The Hall–Kier alpha value is -3.07. The van der Waals surface area contributed by atoms with Crippen LogP contribution in [0.2, 0.25) is 0 Å². The molecule has 3 nitrogen and oxygen atoms in total. The molecule has 3 heteroatoms. The Morgan fingerprint density at radius 3 is 2.44 bits per heavy atom. The maximum atomic E-state index is 4.84. The first-order valence-electron chi connectivity index (χ1n) is 8.43. The van der Waals surface area contributed by atoms with Crippen LogP contribution in [-0.4, -0.2) is 15.0 Å². The van der Waals surface area contributed by atoms with Crippen molar-refractivity contribution in [2.45, 2.75) is 20.3 Å². The van der Waals surface area contributed by atoms with Crippen LogP contribution in [0.4, 0.5) is 0 Å². The monoisotopic (exact) mass is 325 g/mol. The summed E-state index contributed by atoms with van der Waals surface area (Å²) in [5, 5.41) is 1.04. The van der Waals surface area contributed by atoms with Gasteiger partial charge in [0, 0.05) is 23.7 Å². The van der Waals surface area contributed by atoms with E-state index in [9.17, 15) is 0 Å². The molecule has 0 saturated carbocycles. The second-order valence-electron chi connectivity index (χ2n) is 6.37. The van der Waals surface area contributed by atoms with Crippen molar-refractivity contribution in [2.24, 2.45) is 0 Å². The highest BCUT2D eigenvalue weighted by atomic mass is 14.9. The summed E-state index contributed by atoms with van der Waals surface area (Å²) in [6.07, 6.45) is 2.67. The van der Waals surface area contributed by atoms with Gasteiger partial charge in [-0.25, -0.2) is 15.0 Å². The lowest BCUT2D eigenvalue weighted by Crippen LogP contribution is -2.00. The number of nitrogens with zero attached hydrogens (tertiary/aromatic N) is 3. The van der Waals surface area contributed by atoms with Gasteiger partial charge in [-0.2, -0.15) is 0 Å². The van der Waals surface area contributed by atoms with Crippen molar-refractivity contribution in [2.75, 3.05) is 0 Å². The van der Waals surface area contributed by atoms with Gasteiger partial charge in [-0.05, 0) is 37.1 Å². The fraction of sp³-hybridized carbons (Fsp3) is 0.136. The van der Waals surface area contributed by atoms with E-state index in [0.717, 1.165) is 28.7 Å². The molecule has 2 aromatic heterocycles. The number of para-hydroxylation sites is 1. The van der Waals surface area contributed by atoms with Gasteiger partial charge in [0.05, 0.1) is 5.52 Å². The van der Waals surface area contributed by atoms with Crippen LogP contribution in [0.3, 0.4) is 0 Å². The van der Waals surface area contributed by atoms with Crippen LogP contribution in [0.25, 0.3) is 22.4 Å². The third kappa shape index (κ3) is 3.26. The summed E-state index contributed by atoms with van der Waals surface area (Å²) in [7, 11) is 0. The van der Waals surface area contributed by atoms with Gasteiger partial charge in [0.25, 0.3) is 0 Å². The van der Waals surface area contributed by atoms with E-state index in [1.807, 2.05) is 36.5 Å². The number of pyridine rings is 1. The smallest absolute Gasteiger partial charge is 0.178 e. The Labute approximate surface area is 147 Å². The zero-order chi connectivity index (χ0) is 17.2. The molecule has 0 aliphatic carbocycles. The molecule has 2 aromatic carbocycles. The molecule has 0 aliphatic rings. The Kier molecular flexibility index (Phi) is 3.98. The number of aryl methyl sites for hydroxylation is 2. The predicted octanol–water partition coefficient (Wildman–Crippen LogP) is 4.90. The minimum absolute atomic E-state index is 0.670. The molecule has 0 saturated heterocycles. The molecule has 0 bridgehead atoms. The van der Waals surface area contributed by atoms with E-state index < -0.39 is 0 Å². The number of fused-ring (bicyclic) bond motifs is 1. The van der Waals surface area contributed by atoms with E-state index in [4.69, 9.17) is 4.98 Å². The number of aromatic nitrogens is 3. The second kappa shape index (κ2) is 6.44. The maximum absolute atomic E-state index is 4.84. The van der Waals surface area contributed by atoms with Crippen LogP contribution in [0.1, 0.15) is 22.4 Å². The fourth-order valence-corrected chi connectivity index (χ4v) is 2.87. The average molecular weight is 325 g/mol. The highest BCUT2D eigenvalue weighted by Crippen LogP contribution is 2.20. The molecule has 0 unspecified atom stereocenters. The number of hydrogen-bond acceptors (Lipinski definition) is 3. The Balaban J connectivity index is 1.71. The maximum Gasteiger partial charge on any atom is 0.178 e. The van der Waals surface area contributed by atoms with Crippen molar-refractivity contribution in [1.29, 1.82) is 0 Å². The summed E-state index contributed by atoms with van der Waals surface area (Å²) in [4.78, 5) is 14.0. The highest BCUT2D eigenvalue weighted by molar-refractivity contribution is 5.79. The summed E-state index contributed by atoms with van der Waals surface area (Å²) in [5.74, 6) is 0.670. The van der Waals surface area contributed by atoms with Gasteiger partial charge >= 0.3 is 0 Å². The minimum atomic E-state index is 0.670. The van der Waals surface area contributed by atoms with Crippen molar-refractivity contribution in [1.82, 2.24) is 15.0 Å². The minimum Gasteiger partial charge on any atom is -0.249 e. The van der Waals surface area contributed by atoms with Crippen molar-refractivity contribution in [3.8, 4) is 11.5 Å². The molecule has 0 spiro atoms. The molecular formula is C22H19N3. The molecule has 0 N–H and O–H groups in total. The van der Waals surface area contributed by atoms with Gasteiger partial charge in [-0.1, -0.05) is 54.1 Å². The van der Waals surface area contributed by atoms with Crippen LogP contribution in [-0.2, 0) is 6.42 Å². The summed E-state index contributed by atoms with van der Waals surface area (Å²) < 4.78 is 0. The van der Waals surface area contributed by atoms with E-state index in [-0.39, 0.29) is 0 Å². The lowest BCUT2D eigenvalue weighted by atomic mass is 10.0. The SMILES string of the molecule is Cc1ccc(Cc2nc(-c3ncc4ccccc4n3)ccc2C)cc1. The van der Waals surface area contributed by atoms with Gasteiger partial charge in [0.1, 0.15) is 5.69 Å². The molecule has 0 aliphatic heterocycles. The van der Waals surface area contributed by atoms with Gasteiger partial charge in [-0.3, -0.25) is 0 Å². The second-order valence-corrected chi connectivity index (χ2v) is 6.37. The van der Waals surface area contributed by atoms with Crippen molar-refractivity contribution < 1.29 is 0 Å². The van der Waals surface area contributed by atoms with Gasteiger partial charge in [0.2, 0.25) is 0 Å². The van der Waals surface area contributed by atoms with Crippen molar-refractivity contribution in [3.63, 3.8) is 0 Å². The van der Waals surface area contributed by atoms with Gasteiger partial charge < -0.3 is 0 Å². The van der Waals surface area contributed by atoms with Crippen molar-refractivity contribution in [3.05, 3.63) is 89.2 Å². The van der Waals surface area contributed by atoms with Gasteiger partial charge in [0.15, 0.2) is 5.82 Å². The molecule has 4 aromatic rings. The van der Waals surface area contributed by atoms with E-state index in [1.54, 1.807) is 0 Å². The third-order valence-electron chi connectivity index (χ3n) is 4.41. The van der Waals surface area contributed by atoms with Crippen LogP contribution in [0.15, 0.2) is 66.9 Å². The molecular weight excluding hydrogens is 306 g/mol. The third-order valence-corrected chi connectivity index (χ3v) is 4.41. The lowest BCUT2D eigenvalue weighted by molar-refractivity contribution is 1.03. The van der Waals surface area contributed by atoms with Crippen LogP contribution >= 0.6 is 0 Å². The molecule has 122 valence electrons. The fourth-order valence-electron chi connectivity index (χ4n) is 2.87. The van der Waals surface area contributed by atoms with E-state index >= 15 is 0 Å². The Morgan fingerprint density at radius 1 is 0.800 bits per heavy atom. The Morgan fingerprint density at radius 2 is 1.60 bits per heavy atom. The zero-order valence-corrected chi connectivity index (χ0v) is 14.4. The number of benzene rings is 2. The molecule has 4 rings (SSSR count). The van der Waals surface area contributed by atoms with Crippen molar-refractivity contribution >= 4 is 10.9 Å². The normalized spacial score (nSPS) is 11.0. The van der Waals surface area contributed by atoms with Crippen LogP contribution in [0, 0.1) is 13.8 Å². The molecule has 0 fully saturated rings. The van der Waals surface area contributed by atoms with E-state index in [1.165, 1.54) is 16.7 Å². The summed E-state index contributed by atoms with van der Waals surface area (Å²) in [6, 6.07) is 20.7. The van der Waals surface area contributed by atoms with Crippen LogP contribution < -0.4 is 0 Å². The first-order chi connectivity index (χ1) is 12.2. The quantitative estimate of drug-likeness (QED) is 0.538. The first kappa shape index (κ1) is 15.5. The molecule has 0 atom stereocenters.